The average molecular weight is 387 g/mol. The van der Waals surface area contributed by atoms with Gasteiger partial charge < -0.3 is 9.64 Å². The number of benzene rings is 2. The molecule has 0 aromatic heterocycles. The maximum atomic E-state index is 13.0. The van der Waals surface area contributed by atoms with E-state index in [9.17, 15) is 9.18 Å². The molecule has 0 aliphatic carbocycles. The van der Waals surface area contributed by atoms with Gasteiger partial charge in [0.25, 0.3) is 5.91 Å². The van der Waals surface area contributed by atoms with Crippen LogP contribution in [0.25, 0.3) is 0 Å². The van der Waals surface area contributed by atoms with E-state index in [2.05, 4.69) is 10.4 Å². The van der Waals surface area contributed by atoms with Crippen molar-refractivity contribution in [3.63, 3.8) is 0 Å². The second kappa shape index (κ2) is 10.2. The first-order valence-corrected chi connectivity index (χ1v) is 9.36. The van der Waals surface area contributed by atoms with Gasteiger partial charge in [0.15, 0.2) is 0 Å². The molecule has 0 saturated carbocycles. The van der Waals surface area contributed by atoms with Gasteiger partial charge in [0, 0.05) is 39.3 Å². The molecule has 0 spiro atoms. The van der Waals surface area contributed by atoms with Crippen LogP contribution in [0.5, 0.6) is 5.75 Å². The number of nitrogens with zero attached hydrogens (tertiary/aromatic N) is 2. The lowest BCUT2D eigenvalue weighted by atomic mass is 10.2. The van der Waals surface area contributed by atoms with Crippen molar-refractivity contribution in [1.29, 1.82) is 0 Å². The van der Waals surface area contributed by atoms with Gasteiger partial charge in [-0.1, -0.05) is 24.3 Å². The Balaban J connectivity index is 1.32. The summed E-state index contributed by atoms with van der Waals surface area (Å²) in [6.07, 6.45) is 0. The lowest BCUT2D eigenvalue weighted by Crippen LogP contribution is -2.49. The van der Waals surface area contributed by atoms with Crippen molar-refractivity contribution < 1.29 is 18.8 Å². The average Bonchev–Trinajstić information content (AvgIpc) is 2.73. The number of rotatable bonds is 8. The molecule has 1 heterocycles. The Morgan fingerprint density at radius 1 is 1.00 bits per heavy atom. The molecule has 2 aromatic rings. The van der Waals surface area contributed by atoms with Crippen molar-refractivity contribution in [2.24, 2.45) is 0 Å². The van der Waals surface area contributed by atoms with Crippen LogP contribution in [0.15, 0.2) is 48.5 Å². The van der Waals surface area contributed by atoms with Crippen LogP contribution in [0.4, 0.5) is 4.39 Å². The molecule has 1 saturated heterocycles. The number of piperazine rings is 1. The number of hydrogen-bond donors (Lipinski definition) is 1. The van der Waals surface area contributed by atoms with Gasteiger partial charge in [0.05, 0.1) is 7.11 Å². The smallest absolute Gasteiger partial charge is 0.250 e. The van der Waals surface area contributed by atoms with Crippen LogP contribution in [-0.4, -0.2) is 55.6 Å². The second-order valence-electron chi connectivity index (χ2n) is 6.74. The van der Waals surface area contributed by atoms with Gasteiger partial charge in [0.1, 0.15) is 18.2 Å². The summed E-state index contributed by atoms with van der Waals surface area (Å²) in [7, 11) is 1.63. The zero-order chi connectivity index (χ0) is 19.8. The summed E-state index contributed by atoms with van der Waals surface area (Å²) >= 11 is 0. The van der Waals surface area contributed by atoms with Gasteiger partial charge in [0.2, 0.25) is 0 Å². The predicted octanol–water partition coefficient (Wildman–Crippen LogP) is 2.20. The molecule has 2 aromatic carbocycles. The standard InChI is InChI=1S/C21H26FN3O3/c1-27-20-8-4-17(5-9-20)14-23-28-16-21(26)25-12-10-24(11-13-25)15-18-2-6-19(22)7-3-18/h2-9,23H,10-16H2,1H3. The minimum atomic E-state index is -0.222. The van der Waals surface area contributed by atoms with Gasteiger partial charge in [-0.2, -0.15) is 5.48 Å². The zero-order valence-electron chi connectivity index (χ0n) is 16.1. The summed E-state index contributed by atoms with van der Waals surface area (Å²) in [4.78, 5) is 21.7. The highest BCUT2D eigenvalue weighted by Gasteiger charge is 2.21. The molecule has 1 aliphatic heterocycles. The number of halogens is 1. The van der Waals surface area contributed by atoms with Gasteiger partial charge in [-0.25, -0.2) is 4.39 Å². The fraction of sp³-hybridized carbons (Fsp3) is 0.381. The Bertz CT molecular complexity index is 744. The number of hydroxylamine groups is 1. The Kier molecular flexibility index (Phi) is 7.36. The Morgan fingerprint density at radius 3 is 2.29 bits per heavy atom. The third kappa shape index (κ3) is 6.02. The number of hydrogen-bond acceptors (Lipinski definition) is 5. The van der Waals surface area contributed by atoms with E-state index in [1.807, 2.05) is 29.2 Å². The lowest BCUT2D eigenvalue weighted by Gasteiger charge is -2.34. The van der Waals surface area contributed by atoms with Crippen molar-refractivity contribution in [2.45, 2.75) is 13.1 Å². The van der Waals surface area contributed by atoms with E-state index in [-0.39, 0.29) is 18.3 Å². The number of carbonyl (C=O) groups excluding carboxylic acids is 1. The minimum Gasteiger partial charge on any atom is -0.497 e. The Morgan fingerprint density at radius 2 is 1.64 bits per heavy atom. The maximum absolute atomic E-state index is 13.0. The van der Waals surface area contributed by atoms with Crippen LogP contribution in [0.1, 0.15) is 11.1 Å². The molecule has 0 unspecified atom stereocenters. The zero-order valence-corrected chi connectivity index (χ0v) is 16.1. The maximum Gasteiger partial charge on any atom is 0.250 e. The summed E-state index contributed by atoms with van der Waals surface area (Å²) in [6, 6.07) is 14.2. The molecule has 1 fully saturated rings. The molecular formula is C21H26FN3O3. The van der Waals surface area contributed by atoms with Gasteiger partial charge in [-0.3, -0.25) is 14.5 Å². The summed E-state index contributed by atoms with van der Waals surface area (Å²) in [5.41, 5.74) is 4.95. The third-order valence-electron chi connectivity index (χ3n) is 4.78. The third-order valence-corrected chi connectivity index (χ3v) is 4.78. The minimum absolute atomic E-state index is 0.00805. The quantitative estimate of drug-likeness (QED) is 0.556. The van der Waals surface area contributed by atoms with Crippen LogP contribution < -0.4 is 10.2 Å². The van der Waals surface area contributed by atoms with Crippen LogP contribution in [0.3, 0.4) is 0 Å². The van der Waals surface area contributed by atoms with E-state index in [4.69, 9.17) is 9.57 Å². The van der Waals surface area contributed by atoms with Crippen LogP contribution in [0, 0.1) is 5.82 Å². The summed E-state index contributed by atoms with van der Waals surface area (Å²) in [6.45, 7) is 4.22. The summed E-state index contributed by atoms with van der Waals surface area (Å²) < 4.78 is 18.1. The Hall–Kier alpha value is -2.48. The van der Waals surface area contributed by atoms with Crippen molar-refractivity contribution in [2.75, 3.05) is 39.9 Å². The molecule has 28 heavy (non-hydrogen) atoms. The van der Waals surface area contributed by atoms with Gasteiger partial charge in [-0.15, -0.1) is 0 Å². The number of methoxy groups -OCH3 is 1. The molecule has 3 rings (SSSR count). The fourth-order valence-electron chi connectivity index (χ4n) is 3.09. The van der Waals surface area contributed by atoms with E-state index in [0.717, 1.165) is 36.5 Å². The van der Waals surface area contributed by atoms with Crippen molar-refractivity contribution in [3.05, 3.63) is 65.5 Å². The summed E-state index contributed by atoms with van der Waals surface area (Å²) in [5.74, 6) is 0.557. The number of amides is 1. The Labute approximate surface area is 164 Å². The monoisotopic (exact) mass is 387 g/mol. The normalized spacial score (nSPS) is 14.9. The van der Waals surface area contributed by atoms with E-state index >= 15 is 0 Å². The molecule has 150 valence electrons. The van der Waals surface area contributed by atoms with E-state index in [0.29, 0.717) is 19.6 Å². The van der Waals surface area contributed by atoms with Crippen LogP contribution in [0.2, 0.25) is 0 Å². The number of nitrogens with one attached hydrogen (secondary N) is 1. The number of ether oxygens (including phenoxy) is 1. The molecule has 0 atom stereocenters. The highest BCUT2D eigenvalue weighted by molar-refractivity contribution is 5.77. The first-order chi connectivity index (χ1) is 13.6. The van der Waals surface area contributed by atoms with Crippen LogP contribution in [-0.2, 0) is 22.7 Å². The lowest BCUT2D eigenvalue weighted by molar-refractivity contribution is -0.141. The molecular weight excluding hydrogens is 361 g/mol. The first kappa shape index (κ1) is 20.3. The van der Waals surface area contributed by atoms with Gasteiger partial charge in [-0.05, 0) is 35.4 Å². The fourth-order valence-corrected chi connectivity index (χ4v) is 3.09. The van der Waals surface area contributed by atoms with Gasteiger partial charge >= 0.3 is 0 Å². The highest BCUT2D eigenvalue weighted by Crippen LogP contribution is 2.11. The summed E-state index contributed by atoms with van der Waals surface area (Å²) in [5, 5.41) is 0. The highest BCUT2D eigenvalue weighted by atomic mass is 19.1. The van der Waals surface area contributed by atoms with E-state index in [1.165, 1.54) is 12.1 Å². The largest absolute Gasteiger partial charge is 0.497 e. The van der Waals surface area contributed by atoms with Crippen LogP contribution >= 0.6 is 0 Å². The molecule has 7 heteroatoms. The van der Waals surface area contributed by atoms with E-state index in [1.54, 1.807) is 19.2 Å². The van der Waals surface area contributed by atoms with Crippen molar-refractivity contribution in [1.82, 2.24) is 15.3 Å². The second-order valence-corrected chi connectivity index (χ2v) is 6.74. The molecule has 1 N–H and O–H groups in total. The molecule has 1 aliphatic rings. The van der Waals surface area contributed by atoms with Crippen molar-refractivity contribution >= 4 is 5.91 Å². The topological polar surface area (TPSA) is 54.0 Å². The molecule has 1 amide bonds. The predicted molar refractivity (Wildman–Crippen MR) is 104 cm³/mol. The number of carbonyl (C=O) groups is 1. The molecule has 6 nitrogen and oxygen atoms in total. The molecule has 0 bridgehead atoms. The SMILES string of the molecule is COc1ccc(CNOCC(=O)N2CCN(Cc3ccc(F)cc3)CC2)cc1. The van der Waals surface area contributed by atoms with Crippen molar-refractivity contribution in [3.8, 4) is 5.75 Å². The van der Waals surface area contributed by atoms with E-state index < -0.39 is 0 Å². The first-order valence-electron chi connectivity index (χ1n) is 9.36. The molecule has 0 radical (unpaired) electrons.